The molecule has 4 nitrogen and oxygen atoms in total. The number of hydrogen-bond acceptors (Lipinski definition) is 3. The summed E-state index contributed by atoms with van der Waals surface area (Å²) in [5.41, 5.74) is 2.54. The van der Waals surface area contributed by atoms with Crippen LogP contribution in [0.25, 0.3) is 0 Å². The number of carbonyl (C=O) groups excluding carboxylic acids is 1. The van der Waals surface area contributed by atoms with E-state index in [1.165, 1.54) is 43.2 Å². The molecule has 0 spiro atoms. The Balaban J connectivity index is 1.50. The second-order valence-corrected chi connectivity index (χ2v) is 7.79. The summed E-state index contributed by atoms with van der Waals surface area (Å²) in [5, 5.41) is 3.16. The zero-order valence-corrected chi connectivity index (χ0v) is 15.7. The second-order valence-electron chi connectivity index (χ2n) is 7.79. The summed E-state index contributed by atoms with van der Waals surface area (Å²) < 4.78 is 5.60. The highest BCUT2D eigenvalue weighted by Crippen LogP contribution is 2.30. The lowest BCUT2D eigenvalue weighted by atomic mass is 9.86. The molecule has 2 aliphatic rings. The molecule has 0 radical (unpaired) electrons. The Kier molecular flexibility index (Phi) is 6.35. The van der Waals surface area contributed by atoms with Crippen molar-refractivity contribution in [3.63, 3.8) is 0 Å². The average Bonchev–Trinajstić information content (AvgIpc) is 3.08. The fourth-order valence-corrected chi connectivity index (χ4v) is 4.12. The third-order valence-corrected chi connectivity index (χ3v) is 5.72. The number of fused-ring (bicyclic) bond motifs is 1. The van der Waals surface area contributed by atoms with Crippen molar-refractivity contribution in [2.75, 3.05) is 27.2 Å². The summed E-state index contributed by atoms with van der Waals surface area (Å²) in [5.74, 6) is 1.97. The molecule has 1 aromatic carbocycles. The molecule has 1 N–H and O–H groups in total. The molecular formula is C21H32N2O2. The van der Waals surface area contributed by atoms with Crippen LogP contribution in [0.15, 0.2) is 18.2 Å². The first-order chi connectivity index (χ1) is 12.1. The van der Waals surface area contributed by atoms with Gasteiger partial charge in [-0.05, 0) is 43.6 Å². The van der Waals surface area contributed by atoms with Gasteiger partial charge in [0.05, 0.1) is 12.6 Å². The molecule has 1 aromatic rings. The first-order valence-electron chi connectivity index (χ1n) is 9.82. The lowest BCUT2D eigenvalue weighted by Crippen LogP contribution is -2.34. The zero-order chi connectivity index (χ0) is 17.6. The molecule has 0 saturated heterocycles. The standard InChI is InChI=1S/C21H32N2O2/c1-23(2)19(17-9-10-20-18(14-17)12-13-25-20)15-22-21(24)11-8-16-6-4-3-5-7-16/h9-10,14,16,19H,3-8,11-13,15H2,1-2H3,(H,22,24). The minimum Gasteiger partial charge on any atom is -0.493 e. The van der Waals surface area contributed by atoms with E-state index in [0.29, 0.717) is 13.0 Å². The van der Waals surface area contributed by atoms with Crippen LogP contribution in [0.1, 0.15) is 62.1 Å². The van der Waals surface area contributed by atoms with Crippen LogP contribution in [0.2, 0.25) is 0 Å². The van der Waals surface area contributed by atoms with Crippen LogP contribution in [0, 0.1) is 5.92 Å². The van der Waals surface area contributed by atoms with Gasteiger partial charge in [0.15, 0.2) is 0 Å². The maximum atomic E-state index is 12.3. The predicted molar refractivity (Wildman–Crippen MR) is 101 cm³/mol. The van der Waals surface area contributed by atoms with E-state index in [2.05, 4.69) is 42.5 Å². The molecule has 0 aromatic heterocycles. The number of ether oxygens (including phenoxy) is 1. The molecule has 1 amide bonds. The van der Waals surface area contributed by atoms with E-state index in [1.54, 1.807) is 0 Å². The number of benzene rings is 1. The van der Waals surface area contributed by atoms with Crippen molar-refractivity contribution >= 4 is 5.91 Å². The van der Waals surface area contributed by atoms with Gasteiger partial charge in [-0.25, -0.2) is 0 Å². The Morgan fingerprint density at radius 3 is 2.84 bits per heavy atom. The van der Waals surface area contributed by atoms with Crippen LogP contribution < -0.4 is 10.1 Å². The number of nitrogens with zero attached hydrogens (tertiary/aromatic N) is 1. The molecule has 1 aliphatic carbocycles. The fraction of sp³-hybridized carbons (Fsp3) is 0.667. The normalized spacial score (nSPS) is 18.7. The highest BCUT2D eigenvalue weighted by atomic mass is 16.5. The Hall–Kier alpha value is -1.55. The second kappa shape index (κ2) is 8.70. The molecule has 1 aliphatic heterocycles. The van der Waals surface area contributed by atoms with Crippen LogP contribution >= 0.6 is 0 Å². The number of likely N-dealkylation sites (N-methyl/N-ethyl adjacent to an activating group) is 1. The fourth-order valence-electron chi connectivity index (χ4n) is 4.12. The minimum atomic E-state index is 0.196. The maximum absolute atomic E-state index is 12.3. The van der Waals surface area contributed by atoms with Crippen molar-refractivity contribution in [3.8, 4) is 5.75 Å². The molecule has 1 fully saturated rings. The summed E-state index contributed by atoms with van der Waals surface area (Å²) in [7, 11) is 4.14. The van der Waals surface area contributed by atoms with Gasteiger partial charge >= 0.3 is 0 Å². The van der Waals surface area contributed by atoms with Gasteiger partial charge in [-0.15, -0.1) is 0 Å². The third-order valence-electron chi connectivity index (χ3n) is 5.72. The summed E-state index contributed by atoms with van der Waals surface area (Å²) in [6.45, 7) is 1.44. The molecule has 3 rings (SSSR count). The summed E-state index contributed by atoms with van der Waals surface area (Å²) in [6.07, 6.45) is 9.39. The van der Waals surface area contributed by atoms with Gasteiger partial charge in [0, 0.05) is 19.4 Å². The van der Waals surface area contributed by atoms with Gasteiger partial charge in [0.25, 0.3) is 0 Å². The Bertz CT molecular complexity index is 579. The highest BCUT2D eigenvalue weighted by Gasteiger charge is 2.20. The molecule has 4 heteroatoms. The molecule has 0 bridgehead atoms. The first-order valence-corrected chi connectivity index (χ1v) is 9.82. The lowest BCUT2D eigenvalue weighted by molar-refractivity contribution is -0.121. The monoisotopic (exact) mass is 344 g/mol. The first kappa shape index (κ1) is 18.2. The van der Waals surface area contributed by atoms with Gasteiger partial charge in [-0.2, -0.15) is 0 Å². The van der Waals surface area contributed by atoms with E-state index in [1.807, 2.05) is 0 Å². The predicted octanol–water partition coefficient (Wildman–Crippen LogP) is 3.70. The van der Waals surface area contributed by atoms with E-state index in [9.17, 15) is 4.79 Å². The largest absolute Gasteiger partial charge is 0.493 e. The van der Waals surface area contributed by atoms with E-state index >= 15 is 0 Å². The van der Waals surface area contributed by atoms with Crippen molar-refractivity contribution in [2.24, 2.45) is 5.92 Å². The van der Waals surface area contributed by atoms with Crippen molar-refractivity contribution in [1.29, 1.82) is 0 Å². The topological polar surface area (TPSA) is 41.6 Å². The molecule has 25 heavy (non-hydrogen) atoms. The molecular weight excluding hydrogens is 312 g/mol. The average molecular weight is 344 g/mol. The number of carbonyl (C=O) groups is 1. The van der Waals surface area contributed by atoms with Crippen LogP contribution in [-0.4, -0.2) is 38.1 Å². The quantitative estimate of drug-likeness (QED) is 0.820. The number of amides is 1. The van der Waals surface area contributed by atoms with Crippen molar-refractivity contribution < 1.29 is 9.53 Å². The SMILES string of the molecule is CN(C)C(CNC(=O)CCC1CCCCC1)c1ccc2c(c1)CCO2. The Labute approximate surface area is 151 Å². The molecule has 1 saturated carbocycles. The highest BCUT2D eigenvalue weighted by molar-refractivity contribution is 5.75. The molecule has 138 valence electrons. The smallest absolute Gasteiger partial charge is 0.220 e. The zero-order valence-electron chi connectivity index (χ0n) is 15.7. The van der Waals surface area contributed by atoms with E-state index < -0.39 is 0 Å². The van der Waals surface area contributed by atoms with E-state index in [-0.39, 0.29) is 11.9 Å². The van der Waals surface area contributed by atoms with Crippen molar-refractivity contribution in [2.45, 2.75) is 57.4 Å². The summed E-state index contributed by atoms with van der Waals surface area (Å²) >= 11 is 0. The van der Waals surface area contributed by atoms with E-state index in [0.717, 1.165) is 31.1 Å². The van der Waals surface area contributed by atoms with Crippen LogP contribution in [0.4, 0.5) is 0 Å². The van der Waals surface area contributed by atoms with E-state index in [4.69, 9.17) is 4.74 Å². The summed E-state index contributed by atoms with van der Waals surface area (Å²) in [6, 6.07) is 6.63. The lowest BCUT2D eigenvalue weighted by Gasteiger charge is -2.26. The van der Waals surface area contributed by atoms with Crippen LogP contribution in [0.5, 0.6) is 5.75 Å². The maximum Gasteiger partial charge on any atom is 0.220 e. The Morgan fingerprint density at radius 1 is 1.28 bits per heavy atom. The van der Waals surface area contributed by atoms with Gasteiger partial charge in [-0.3, -0.25) is 4.79 Å². The van der Waals surface area contributed by atoms with Gasteiger partial charge in [-0.1, -0.05) is 44.2 Å². The number of hydrogen-bond donors (Lipinski definition) is 1. The van der Waals surface area contributed by atoms with Gasteiger partial charge in [0.1, 0.15) is 5.75 Å². The van der Waals surface area contributed by atoms with Crippen LogP contribution in [-0.2, 0) is 11.2 Å². The molecule has 1 unspecified atom stereocenters. The third kappa shape index (κ3) is 4.97. The summed E-state index contributed by atoms with van der Waals surface area (Å²) in [4.78, 5) is 14.5. The van der Waals surface area contributed by atoms with Gasteiger partial charge < -0.3 is 15.0 Å². The van der Waals surface area contributed by atoms with Crippen LogP contribution in [0.3, 0.4) is 0 Å². The van der Waals surface area contributed by atoms with Gasteiger partial charge in [0.2, 0.25) is 5.91 Å². The number of rotatable bonds is 7. The molecule has 1 heterocycles. The number of nitrogens with one attached hydrogen (secondary N) is 1. The van der Waals surface area contributed by atoms with Crippen molar-refractivity contribution in [3.05, 3.63) is 29.3 Å². The Morgan fingerprint density at radius 2 is 2.08 bits per heavy atom. The van der Waals surface area contributed by atoms with Crippen molar-refractivity contribution in [1.82, 2.24) is 10.2 Å². The minimum absolute atomic E-state index is 0.196. The molecule has 1 atom stereocenters.